The van der Waals surface area contributed by atoms with E-state index in [0.717, 1.165) is 16.8 Å². The van der Waals surface area contributed by atoms with Crippen LogP contribution in [0.3, 0.4) is 0 Å². The molecule has 0 aliphatic carbocycles. The molecule has 1 aromatic carbocycles. The molecule has 0 spiro atoms. The van der Waals surface area contributed by atoms with Crippen molar-refractivity contribution in [2.45, 2.75) is 19.7 Å². The van der Waals surface area contributed by atoms with E-state index >= 15 is 0 Å². The molecule has 0 radical (unpaired) electrons. The maximum atomic E-state index is 5.90. The summed E-state index contributed by atoms with van der Waals surface area (Å²) in [4.78, 5) is 12.9. The third-order valence-electron chi connectivity index (χ3n) is 3.90. The Balaban J connectivity index is 0.00000280. The molecule has 0 saturated heterocycles. The second-order valence-corrected chi connectivity index (χ2v) is 5.84. The van der Waals surface area contributed by atoms with Gasteiger partial charge in [0.25, 0.3) is 0 Å². The summed E-state index contributed by atoms with van der Waals surface area (Å²) in [7, 11) is 1.74. The Morgan fingerprint density at radius 2 is 1.64 bits per heavy atom. The topological polar surface area (TPSA) is 71.4 Å². The van der Waals surface area contributed by atoms with E-state index in [-0.39, 0.29) is 24.0 Å². The van der Waals surface area contributed by atoms with Gasteiger partial charge in [-0.15, -0.1) is 24.0 Å². The molecule has 2 heterocycles. The van der Waals surface area contributed by atoms with Crippen LogP contribution in [0.25, 0.3) is 0 Å². The Morgan fingerprint density at radius 3 is 2.39 bits per heavy atom. The van der Waals surface area contributed by atoms with Gasteiger partial charge < -0.3 is 15.4 Å². The fourth-order valence-electron chi connectivity index (χ4n) is 2.49. The third-order valence-corrected chi connectivity index (χ3v) is 3.90. The minimum atomic E-state index is 0. The van der Waals surface area contributed by atoms with Gasteiger partial charge in [-0.2, -0.15) is 0 Å². The van der Waals surface area contributed by atoms with Crippen LogP contribution in [0.1, 0.15) is 16.8 Å². The highest BCUT2D eigenvalue weighted by atomic mass is 127. The van der Waals surface area contributed by atoms with Crippen LogP contribution in [0.2, 0.25) is 0 Å². The average Bonchev–Trinajstić information content (AvgIpc) is 2.74. The molecule has 0 amide bonds. The molecule has 2 aromatic heterocycles. The number of nitrogens with one attached hydrogen (secondary N) is 2. The van der Waals surface area contributed by atoms with Gasteiger partial charge in [0.15, 0.2) is 5.96 Å². The number of nitrogens with zero attached hydrogens (tertiary/aromatic N) is 3. The molecule has 0 atom stereocenters. The molecule has 0 fully saturated rings. The van der Waals surface area contributed by atoms with Gasteiger partial charge in [0.05, 0.1) is 12.2 Å². The predicted octanol–water partition coefficient (Wildman–Crippen LogP) is 3.54. The number of ether oxygens (including phenoxy) is 1. The van der Waals surface area contributed by atoms with E-state index in [2.05, 4.69) is 25.6 Å². The number of guanidine groups is 1. The summed E-state index contributed by atoms with van der Waals surface area (Å²) in [5.41, 5.74) is 3.03. The number of benzene rings is 1. The summed E-state index contributed by atoms with van der Waals surface area (Å²) < 4.78 is 5.90. The summed E-state index contributed by atoms with van der Waals surface area (Å²) in [6.07, 6.45) is 3.51. The van der Waals surface area contributed by atoms with Gasteiger partial charge in [0, 0.05) is 31.5 Å². The highest BCUT2D eigenvalue weighted by molar-refractivity contribution is 14.0. The van der Waals surface area contributed by atoms with Gasteiger partial charge in [0.1, 0.15) is 6.61 Å². The van der Waals surface area contributed by atoms with Gasteiger partial charge in [-0.1, -0.05) is 42.5 Å². The van der Waals surface area contributed by atoms with Crippen LogP contribution in [0.4, 0.5) is 0 Å². The molecule has 6 nitrogen and oxygen atoms in total. The quantitative estimate of drug-likeness (QED) is 0.302. The Kier molecular flexibility index (Phi) is 9.20. The molecule has 146 valence electrons. The summed E-state index contributed by atoms with van der Waals surface area (Å²) in [6.45, 7) is 1.64. The normalized spacial score (nSPS) is 10.7. The van der Waals surface area contributed by atoms with E-state index < -0.39 is 0 Å². The van der Waals surface area contributed by atoms with Crippen LogP contribution < -0.4 is 15.4 Å². The first-order valence-corrected chi connectivity index (χ1v) is 8.80. The van der Waals surface area contributed by atoms with Crippen molar-refractivity contribution in [3.63, 3.8) is 0 Å². The minimum absolute atomic E-state index is 0. The molecule has 3 rings (SSSR count). The van der Waals surface area contributed by atoms with Gasteiger partial charge in [-0.3, -0.25) is 9.98 Å². The first-order chi connectivity index (χ1) is 13.3. The summed E-state index contributed by atoms with van der Waals surface area (Å²) in [5.74, 6) is 1.31. The molecular weight excluding hydrogens is 465 g/mol. The Hall–Kier alpha value is -2.68. The third kappa shape index (κ3) is 6.80. The van der Waals surface area contributed by atoms with E-state index in [1.807, 2.05) is 60.7 Å². The van der Waals surface area contributed by atoms with E-state index in [1.165, 1.54) is 0 Å². The van der Waals surface area contributed by atoms with Crippen molar-refractivity contribution >= 4 is 29.9 Å². The highest BCUT2D eigenvalue weighted by Crippen LogP contribution is 2.15. The number of aliphatic imine (C=N–C) groups is 1. The Labute approximate surface area is 182 Å². The average molecular weight is 489 g/mol. The van der Waals surface area contributed by atoms with Gasteiger partial charge in [0.2, 0.25) is 5.88 Å². The lowest BCUT2D eigenvalue weighted by Crippen LogP contribution is -2.36. The molecule has 0 bridgehead atoms. The van der Waals surface area contributed by atoms with Gasteiger partial charge in [-0.05, 0) is 23.8 Å². The molecule has 28 heavy (non-hydrogen) atoms. The monoisotopic (exact) mass is 489 g/mol. The molecule has 0 aliphatic heterocycles. The van der Waals surface area contributed by atoms with Crippen LogP contribution in [-0.2, 0) is 19.7 Å². The number of hydrogen-bond acceptors (Lipinski definition) is 4. The smallest absolute Gasteiger partial charge is 0.218 e. The number of rotatable bonds is 7. The van der Waals surface area contributed by atoms with Crippen LogP contribution >= 0.6 is 24.0 Å². The fraction of sp³-hybridized carbons (Fsp3) is 0.190. The molecule has 0 unspecified atom stereocenters. The first kappa shape index (κ1) is 21.6. The summed E-state index contributed by atoms with van der Waals surface area (Å²) in [5, 5.41) is 6.53. The molecule has 0 saturated carbocycles. The van der Waals surface area contributed by atoms with E-state index in [4.69, 9.17) is 4.74 Å². The lowest BCUT2D eigenvalue weighted by molar-refractivity contribution is 0.290. The van der Waals surface area contributed by atoms with Crippen molar-refractivity contribution in [1.82, 2.24) is 20.6 Å². The van der Waals surface area contributed by atoms with Crippen molar-refractivity contribution in [2.75, 3.05) is 7.05 Å². The van der Waals surface area contributed by atoms with Crippen LogP contribution in [0.5, 0.6) is 5.88 Å². The molecule has 3 aromatic rings. The lowest BCUT2D eigenvalue weighted by atomic mass is 10.2. The number of halogens is 1. The summed E-state index contributed by atoms with van der Waals surface area (Å²) in [6, 6.07) is 19.8. The lowest BCUT2D eigenvalue weighted by Gasteiger charge is -2.14. The van der Waals surface area contributed by atoms with E-state index in [9.17, 15) is 0 Å². The van der Waals surface area contributed by atoms with Crippen molar-refractivity contribution in [2.24, 2.45) is 4.99 Å². The van der Waals surface area contributed by atoms with E-state index in [1.54, 1.807) is 19.4 Å². The second kappa shape index (κ2) is 11.9. The van der Waals surface area contributed by atoms with E-state index in [0.29, 0.717) is 31.5 Å². The number of pyridine rings is 2. The maximum Gasteiger partial charge on any atom is 0.218 e. The maximum absolute atomic E-state index is 5.90. The zero-order chi connectivity index (χ0) is 18.7. The fourth-order valence-corrected chi connectivity index (χ4v) is 2.49. The number of hydrogen-bond donors (Lipinski definition) is 2. The zero-order valence-corrected chi connectivity index (χ0v) is 18.0. The Morgan fingerprint density at radius 1 is 0.893 bits per heavy atom. The molecular formula is C21H24IN5O. The Bertz CT molecular complexity index is 859. The minimum Gasteiger partial charge on any atom is -0.473 e. The molecule has 7 heteroatoms. The molecule has 0 aliphatic rings. The van der Waals surface area contributed by atoms with Crippen molar-refractivity contribution in [3.8, 4) is 5.88 Å². The highest BCUT2D eigenvalue weighted by Gasteiger charge is 2.07. The van der Waals surface area contributed by atoms with Gasteiger partial charge in [-0.25, -0.2) is 4.98 Å². The summed E-state index contributed by atoms with van der Waals surface area (Å²) >= 11 is 0. The first-order valence-electron chi connectivity index (χ1n) is 8.80. The van der Waals surface area contributed by atoms with Crippen molar-refractivity contribution in [1.29, 1.82) is 0 Å². The van der Waals surface area contributed by atoms with Crippen LogP contribution in [0.15, 0.2) is 78.0 Å². The van der Waals surface area contributed by atoms with Crippen LogP contribution in [0, 0.1) is 0 Å². The SMILES string of the molecule is CN=C(NCc1ccccn1)NCc1cccnc1OCc1ccccc1.I. The second-order valence-electron chi connectivity index (χ2n) is 5.84. The standard InChI is InChI=1S/C21H23N5O.HI/c1-22-21(26-15-19-11-5-6-12-23-19)25-14-18-10-7-13-24-20(18)27-16-17-8-3-2-4-9-17;/h2-13H,14-16H2,1H3,(H2,22,25,26);1H. The van der Waals surface area contributed by atoms with Crippen molar-refractivity contribution < 1.29 is 4.74 Å². The predicted molar refractivity (Wildman–Crippen MR) is 122 cm³/mol. The number of aromatic nitrogens is 2. The van der Waals surface area contributed by atoms with Gasteiger partial charge >= 0.3 is 0 Å². The van der Waals surface area contributed by atoms with Crippen molar-refractivity contribution in [3.05, 3.63) is 89.9 Å². The zero-order valence-electron chi connectivity index (χ0n) is 15.7. The van der Waals surface area contributed by atoms with Crippen LogP contribution in [-0.4, -0.2) is 23.0 Å². The largest absolute Gasteiger partial charge is 0.473 e. The molecule has 2 N–H and O–H groups in total.